The molecule has 2 rings (SSSR count). The summed E-state index contributed by atoms with van der Waals surface area (Å²) >= 11 is 11.8. The number of rotatable bonds is 3. The van der Waals surface area contributed by atoms with Crippen LogP contribution in [0.2, 0.25) is 10.0 Å². The number of H-pyrrole nitrogens is 1. The Balaban J connectivity index is 2.80. The van der Waals surface area contributed by atoms with E-state index in [0.29, 0.717) is 15.9 Å². The van der Waals surface area contributed by atoms with Gasteiger partial charge >= 0.3 is 11.9 Å². The minimum Gasteiger partial charge on any atom is -0.481 e. The Morgan fingerprint density at radius 1 is 1.22 bits per heavy atom. The van der Waals surface area contributed by atoms with Crippen LogP contribution in [-0.4, -0.2) is 27.1 Å². The van der Waals surface area contributed by atoms with Crippen LogP contribution in [0.1, 0.15) is 16.1 Å². The van der Waals surface area contributed by atoms with Gasteiger partial charge in [0.15, 0.2) is 0 Å². The van der Waals surface area contributed by atoms with Gasteiger partial charge in [-0.15, -0.1) is 0 Å². The fourth-order valence-electron chi connectivity index (χ4n) is 1.79. The van der Waals surface area contributed by atoms with E-state index in [0.717, 1.165) is 0 Å². The lowest BCUT2D eigenvalue weighted by atomic mass is 10.1. The predicted octanol–water partition coefficient (Wildman–Crippen LogP) is 2.80. The number of aromatic amines is 1. The first kappa shape index (κ1) is 12.7. The third-order valence-corrected chi connectivity index (χ3v) is 2.99. The predicted molar refractivity (Wildman–Crippen MR) is 66.6 cm³/mol. The van der Waals surface area contributed by atoms with Crippen LogP contribution in [0.5, 0.6) is 0 Å². The summed E-state index contributed by atoms with van der Waals surface area (Å²) in [6.07, 6.45) is -0.418. The van der Waals surface area contributed by atoms with E-state index in [1.54, 1.807) is 0 Å². The number of nitrogens with one attached hydrogen (secondary N) is 1. The van der Waals surface area contributed by atoms with Crippen molar-refractivity contribution in [2.75, 3.05) is 0 Å². The maximum Gasteiger partial charge on any atom is 0.352 e. The Morgan fingerprint density at radius 3 is 2.44 bits per heavy atom. The number of fused-ring (bicyclic) bond motifs is 1. The molecule has 0 aliphatic rings. The second-order valence-electron chi connectivity index (χ2n) is 3.66. The molecule has 7 heteroatoms. The maximum atomic E-state index is 11.1. The highest BCUT2D eigenvalue weighted by Crippen LogP contribution is 2.32. The first-order valence-electron chi connectivity index (χ1n) is 4.85. The third kappa shape index (κ3) is 2.14. The molecule has 1 aromatic carbocycles. The van der Waals surface area contributed by atoms with E-state index in [2.05, 4.69) is 4.98 Å². The lowest BCUT2D eigenvalue weighted by Crippen LogP contribution is -2.06. The number of benzene rings is 1. The van der Waals surface area contributed by atoms with Crippen molar-refractivity contribution in [3.05, 3.63) is 33.4 Å². The summed E-state index contributed by atoms with van der Waals surface area (Å²) in [6.45, 7) is 0. The van der Waals surface area contributed by atoms with Gasteiger partial charge in [-0.3, -0.25) is 4.79 Å². The minimum absolute atomic E-state index is 0.161. The summed E-state index contributed by atoms with van der Waals surface area (Å²) in [7, 11) is 0. The van der Waals surface area contributed by atoms with E-state index in [1.807, 2.05) is 0 Å². The SMILES string of the molecule is O=C(O)Cc1c(C(=O)O)[nH]c2c(Cl)cc(Cl)cc12. The van der Waals surface area contributed by atoms with Crippen LogP contribution in [0.15, 0.2) is 12.1 Å². The second kappa shape index (κ2) is 4.51. The number of carbonyl (C=O) groups is 2. The van der Waals surface area contributed by atoms with Gasteiger partial charge in [-0.05, 0) is 12.1 Å². The fraction of sp³-hybridized carbons (Fsp3) is 0.0909. The number of aromatic carboxylic acids is 1. The average Bonchev–Trinajstić information content (AvgIpc) is 2.57. The van der Waals surface area contributed by atoms with Gasteiger partial charge in [0.05, 0.1) is 17.0 Å². The van der Waals surface area contributed by atoms with Crippen LogP contribution >= 0.6 is 23.2 Å². The standard InChI is InChI=1S/C11H7Cl2NO4/c12-4-1-5-6(3-8(15)16)10(11(17)18)14-9(5)7(13)2-4/h1-2,14H,3H2,(H,15,16)(H,17,18). The van der Waals surface area contributed by atoms with Gasteiger partial charge in [0.1, 0.15) is 5.69 Å². The molecule has 94 valence electrons. The maximum absolute atomic E-state index is 11.1. The normalized spacial score (nSPS) is 10.8. The highest BCUT2D eigenvalue weighted by molar-refractivity contribution is 6.38. The molecule has 1 aromatic heterocycles. The minimum atomic E-state index is -1.24. The van der Waals surface area contributed by atoms with Crippen LogP contribution in [-0.2, 0) is 11.2 Å². The topological polar surface area (TPSA) is 90.4 Å². The van der Waals surface area contributed by atoms with Gasteiger partial charge in [-0.25, -0.2) is 4.79 Å². The van der Waals surface area contributed by atoms with Gasteiger partial charge in [-0.2, -0.15) is 0 Å². The second-order valence-corrected chi connectivity index (χ2v) is 4.51. The summed E-state index contributed by atoms with van der Waals surface area (Å²) in [5.41, 5.74) is 0.348. The number of carboxylic acids is 2. The van der Waals surface area contributed by atoms with E-state index in [4.69, 9.17) is 33.4 Å². The zero-order valence-electron chi connectivity index (χ0n) is 8.83. The largest absolute Gasteiger partial charge is 0.481 e. The molecule has 0 aliphatic heterocycles. The molecule has 0 saturated carbocycles. The first-order valence-corrected chi connectivity index (χ1v) is 5.60. The van der Waals surface area contributed by atoms with E-state index in [1.165, 1.54) is 12.1 Å². The molecule has 0 amide bonds. The molecule has 0 radical (unpaired) electrons. The van der Waals surface area contributed by atoms with E-state index < -0.39 is 18.4 Å². The number of halogens is 2. The summed E-state index contributed by atoms with van der Waals surface area (Å²) < 4.78 is 0. The zero-order chi connectivity index (χ0) is 13.4. The Labute approximate surface area is 111 Å². The van der Waals surface area contributed by atoms with Crippen LogP contribution < -0.4 is 0 Å². The van der Waals surface area contributed by atoms with Crippen LogP contribution in [0, 0.1) is 0 Å². The van der Waals surface area contributed by atoms with Crippen molar-refractivity contribution in [2.24, 2.45) is 0 Å². The molecule has 2 aromatic rings. The molecule has 0 spiro atoms. The fourth-order valence-corrected chi connectivity index (χ4v) is 2.33. The molecular formula is C11H7Cl2NO4. The van der Waals surface area contributed by atoms with E-state index >= 15 is 0 Å². The molecule has 3 N–H and O–H groups in total. The molecular weight excluding hydrogens is 281 g/mol. The molecule has 1 heterocycles. The van der Waals surface area contributed by atoms with E-state index in [9.17, 15) is 9.59 Å². The lowest BCUT2D eigenvalue weighted by Gasteiger charge is -1.99. The monoisotopic (exact) mass is 287 g/mol. The number of hydrogen-bond donors (Lipinski definition) is 3. The van der Waals surface area contributed by atoms with Gasteiger partial charge in [0.25, 0.3) is 0 Å². The quantitative estimate of drug-likeness (QED) is 0.810. The number of hydrogen-bond acceptors (Lipinski definition) is 2. The lowest BCUT2D eigenvalue weighted by molar-refractivity contribution is -0.136. The Bertz CT molecular complexity index is 663. The summed E-state index contributed by atoms with van der Waals surface area (Å²) in [6, 6.07) is 2.95. The van der Waals surface area contributed by atoms with Crippen molar-refractivity contribution in [3.8, 4) is 0 Å². The van der Waals surface area contributed by atoms with Crippen molar-refractivity contribution in [2.45, 2.75) is 6.42 Å². The molecule has 0 aliphatic carbocycles. The van der Waals surface area contributed by atoms with Crippen molar-refractivity contribution in [3.63, 3.8) is 0 Å². The van der Waals surface area contributed by atoms with Crippen molar-refractivity contribution < 1.29 is 19.8 Å². The highest BCUT2D eigenvalue weighted by atomic mass is 35.5. The van der Waals surface area contributed by atoms with Crippen LogP contribution in [0.25, 0.3) is 10.9 Å². The van der Waals surface area contributed by atoms with Gasteiger partial charge in [-0.1, -0.05) is 23.2 Å². The summed E-state index contributed by atoms with van der Waals surface area (Å²) in [4.78, 5) is 24.5. The van der Waals surface area contributed by atoms with Crippen molar-refractivity contribution in [1.82, 2.24) is 4.98 Å². The van der Waals surface area contributed by atoms with Crippen molar-refractivity contribution in [1.29, 1.82) is 0 Å². The van der Waals surface area contributed by atoms with Crippen LogP contribution in [0.3, 0.4) is 0 Å². The molecule has 0 atom stereocenters. The highest BCUT2D eigenvalue weighted by Gasteiger charge is 2.20. The Morgan fingerprint density at radius 2 is 1.89 bits per heavy atom. The number of aliphatic carboxylic acids is 1. The molecule has 0 bridgehead atoms. The first-order chi connectivity index (χ1) is 8.40. The Kier molecular flexibility index (Phi) is 3.19. The Hall–Kier alpha value is -1.72. The van der Waals surface area contributed by atoms with E-state index in [-0.39, 0.29) is 16.3 Å². The molecule has 0 fully saturated rings. The smallest absolute Gasteiger partial charge is 0.352 e. The number of aromatic nitrogens is 1. The molecule has 5 nitrogen and oxygen atoms in total. The summed E-state index contributed by atoms with van der Waals surface area (Å²) in [5, 5.41) is 18.8. The molecule has 0 unspecified atom stereocenters. The number of carboxylic acid groups (broad SMARTS) is 2. The molecule has 0 saturated heterocycles. The average molecular weight is 288 g/mol. The zero-order valence-corrected chi connectivity index (χ0v) is 10.3. The molecule has 18 heavy (non-hydrogen) atoms. The van der Waals surface area contributed by atoms with Crippen molar-refractivity contribution >= 4 is 46.0 Å². The van der Waals surface area contributed by atoms with Crippen LogP contribution in [0.4, 0.5) is 0 Å². The van der Waals surface area contributed by atoms with Gasteiger partial charge in [0.2, 0.25) is 0 Å². The summed E-state index contributed by atoms with van der Waals surface area (Å²) in [5.74, 6) is -2.37. The van der Waals surface area contributed by atoms with Gasteiger partial charge in [0, 0.05) is 16.0 Å². The van der Waals surface area contributed by atoms with Gasteiger partial charge < -0.3 is 15.2 Å². The third-order valence-electron chi connectivity index (χ3n) is 2.47.